The number of hydrogen-bond acceptors (Lipinski definition) is 4. The number of piperidine rings is 1. The van der Waals surface area contributed by atoms with Crippen LogP contribution in [0.15, 0.2) is 42.2 Å². The lowest BCUT2D eigenvalue weighted by Gasteiger charge is -2.27. The molecule has 4 rings (SSSR count). The molecular weight excluding hydrogens is 333 g/mol. The highest BCUT2D eigenvalue weighted by molar-refractivity contribution is 6.15. The van der Waals surface area contributed by atoms with Crippen molar-refractivity contribution in [3.63, 3.8) is 0 Å². The van der Waals surface area contributed by atoms with E-state index < -0.39 is 5.82 Å². The van der Waals surface area contributed by atoms with Crippen molar-refractivity contribution in [2.45, 2.75) is 25.8 Å². The van der Waals surface area contributed by atoms with Crippen molar-refractivity contribution in [1.82, 2.24) is 4.90 Å². The molecule has 2 aliphatic heterocycles. The van der Waals surface area contributed by atoms with E-state index in [-0.39, 0.29) is 17.3 Å². The number of benzene rings is 2. The molecule has 0 saturated carbocycles. The Morgan fingerprint density at radius 1 is 1.12 bits per heavy atom. The van der Waals surface area contributed by atoms with Gasteiger partial charge in [0, 0.05) is 12.1 Å². The average molecular weight is 353 g/mol. The molecule has 4 nitrogen and oxygen atoms in total. The van der Waals surface area contributed by atoms with Crippen molar-refractivity contribution >= 4 is 11.9 Å². The van der Waals surface area contributed by atoms with Gasteiger partial charge in [0.05, 0.1) is 11.1 Å². The lowest BCUT2D eigenvalue weighted by atomic mass is 10.0. The van der Waals surface area contributed by atoms with Gasteiger partial charge in [-0.1, -0.05) is 24.6 Å². The zero-order chi connectivity index (χ0) is 18.1. The van der Waals surface area contributed by atoms with E-state index in [0.29, 0.717) is 29.0 Å². The summed E-state index contributed by atoms with van der Waals surface area (Å²) in [6.45, 7) is 2.47. The number of carbonyl (C=O) groups is 1. The highest BCUT2D eigenvalue weighted by Crippen LogP contribution is 2.40. The van der Waals surface area contributed by atoms with Crippen LogP contribution in [0.25, 0.3) is 6.08 Å². The fraction of sp³-hybridized carbons (Fsp3) is 0.286. The Balaban J connectivity index is 1.67. The van der Waals surface area contributed by atoms with Crippen LogP contribution >= 0.6 is 0 Å². The first-order chi connectivity index (χ1) is 12.6. The predicted molar refractivity (Wildman–Crippen MR) is 96.6 cm³/mol. The largest absolute Gasteiger partial charge is 0.507 e. The molecule has 134 valence electrons. The van der Waals surface area contributed by atoms with Gasteiger partial charge in [-0.15, -0.1) is 0 Å². The van der Waals surface area contributed by atoms with Crippen molar-refractivity contribution < 1.29 is 19.0 Å². The van der Waals surface area contributed by atoms with Gasteiger partial charge in [-0.25, -0.2) is 4.39 Å². The van der Waals surface area contributed by atoms with E-state index in [1.165, 1.54) is 24.6 Å². The van der Waals surface area contributed by atoms with Crippen molar-refractivity contribution in [2.75, 3.05) is 13.1 Å². The molecule has 1 fully saturated rings. The van der Waals surface area contributed by atoms with Crippen LogP contribution in [0.5, 0.6) is 11.5 Å². The number of fused-ring (bicyclic) bond motifs is 1. The number of halogens is 1. The maximum Gasteiger partial charge on any atom is 0.231 e. The Hall–Kier alpha value is -2.66. The third-order valence-electron chi connectivity index (χ3n) is 4.94. The van der Waals surface area contributed by atoms with Crippen molar-refractivity contribution in [3.8, 4) is 11.5 Å². The Labute approximate surface area is 151 Å². The maximum atomic E-state index is 13.9. The Morgan fingerprint density at radius 3 is 2.65 bits per heavy atom. The smallest absolute Gasteiger partial charge is 0.231 e. The summed E-state index contributed by atoms with van der Waals surface area (Å²) in [6.07, 6.45) is 4.90. The van der Waals surface area contributed by atoms with E-state index >= 15 is 0 Å². The minimum absolute atomic E-state index is 0.0793. The van der Waals surface area contributed by atoms with Gasteiger partial charge < -0.3 is 9.84 Å². The molecule has 5 heteroatoms. The third-order valence-corrected chi connectivity index (χ3v) is 4.94. The molecular formula is C21H20FNO3. The Kier molecular flexibility index (Phi) is 4.47. The Bertz CT molecular complexity index is 885. The van der Waals surface area contributed by atoms with Gasteiger partial charge >= 0.3 is 0 Å². The number of aromatic hydroxyl groups is 1. The van der Waals surface area contributed by atoms with Crippen LogP contribution in [0.4, 0.5) is 4.39 Å². The number of ether oxygens (including phenoxy) is 1. The van der Waals surface area contributed by atoms with Gasteiger partial charge in [-0.05, 0) is 50.2 Å². The molecule has 0 atom stereocenters. The van der Waals surface area contributed by atoms with E-state index in [2.05, 4.69) is 4.90 Å². The van der Waals surface area contributed by atoms with Gasteiger partial charge in [0.2, 0.25) is 5.78 Å². The van der Waals surface area contributed by atoms with Crippen LogP contribution in [0.3, 0.4) is 0 Å². The number of phenols is 1. The molecule has 2 heterocycles. The molecule has 26 heavy (non-hydrogen) atoms. The molecule has 0 spiro atoms. The number of carbonyl (C=O) groups excluding carboxylic acids is 1. The zero-order valence-corrected chi connectivity index (χ0v) is 14.4. The summed E-state index contributed by atoms with van der Waals surface area (Å²) in [6, 6.07) is 9.33. The molecule has 0 amide bonds. The summed E-state index contributed by atoms with van der Waals surface area (Å²) >= 11 is 0. The minimum atomic E-state index is -0.413. The van der Waals surface area contributed by atoms with E-state index in [1.54, 1.807) is 24.3 Å². The maximum absolute atomic E-state index is 13.9. The van der Waals surface area contributed by atoms with Crippen LogP contribution < -0.4 is 4.74 Å². The SMILES string of the molecule is O=C1C(=Cc2ccccc2F)Oc2c1ccc(O)c2CN1CCCCC1. The zero-order valence-electron chi connectivity index (χ0n) is 14.4. The van der Waals surface area contributed by atoms with Crippen LogP contribution in [-0.2, 0) is 6.54 Å². The number of hydrogen-bond donors (Lipinski definition) is 1. The number of likely N-dealkylation sites (tertiary alicyclic amines) is 1. The average Bonchev–Trinajstić information content (AvgIpc) is 2.96. The first kappa shape index (κ1) is 16.8. The van der Waals surface area contributed by atoms with Gasteiger partial charge in [0.15, 0.2) is 5.76 Å². The molecule has 0 aliphatic carbocycles. The molecule has 2 aliphatic rings. The van der Waals surface area contributed by atoms with Crippen LogP contribution in [0.1, 0.15) is 40.7 Å². The summed E-state index contributed by atoms with van der Waals surface area (Å²) in [5.41, 5.74) is 1.33. The molecule has 1 N–H and O–H groups in total. The quantitative estimate of drug-likeness (QED) is 0.843. The number of rotatable bonds is 3. The molecule has 2 aromatic carbocycles. The fourth-order valence-electron chi connectivity index (χ4n) is 3.52. The summed E-state index contributed by atoms with van der Waals surface area (Å²) in [5.74, 6) is -0.111. The molecule has 0 radical (unpaired) electrons. The van der Waals surface area contributed by atoms with Crippen molar-refractivity contribution in [1.29, 1.82) is 0 Å². The number of allylic oxidation sites excluding steroid dienone is 1. The number of phenolic OH excluding ortho intramolecular Hbond substituents is 1. The number of ketones is 1. The van der Waals surface area contributed by atoms with Crippen LogP contribution in [-0.4, -0.2) is 28.9 Å². The van der Waals surface area contributed by atoms with E-state index in [4.69, 9.17) is 4.74 Å². The lowest BCUT2D eigenvalue weighted by molar-refractivity contribution is 0.101. The second-order valence-corrected chi connectivity index (χ2v) is 6.74. The number of Topliss-reactive ketones (excluding diaryl/α,β-unsaturated/α-hetero) is 1. The topological polar surface area (TPSA) is 49.8 Å². The summed E-state index contributed by atoms with van der Waals surface area (Å²) in [7, 11) is 0. The first-order valence-corrected chi connectivity index (χ1v) is 8.89. The standard InChI is InChI=1S/C21H20FNO3/c22-17-7-3-2-6-14(17)12-19-20(25)15-8-9-18(24)16(21(15)26-19)13-23-10-4-1-5-11-23/h2-3,6-9,12,24H,1,4-5,10-11,13H2. The Morgan fingerprint density at radius 2 is 1.88 bits per heavy atom. The van der Waals surface area contributed by atoms with Gasteiger partial charge in [-0.3, -0.25) is 9.69 Å². The van der Waals surface area contributed by atoms with Crippen LogP contribution in [0.2, 0.25) is 0 Å². The lowest BCUT2D eigenvalue weighted by Crippen LogP contribution is -2.29. The fourth-order valence-corrected chi connectivity index (χ4v) is 3.52. The van der Waals surface area contributed by atoms with E-state index in [9.17, 15) is 14.3 Å². The minimum Gasteiger partial charge on any atom is -0.507 e. The monoisotopic (exact) mass is 353 g/mol. The van der Waals surface area contributed by atoms with E-state index in [0.717, 1.165) is 25.9 Å². The second kappa shape index (κ2) is 6.92. The predicted octanol–water partition coefficient (Wildman–Crippen LogP) is 4.13. The van der Waals surface area contributed by atoms with Gasteiger partial charge in [0.1, 0.15) is 17.3 Å². The van der Waals surface area contributed by atoms with Crippen molar-refractivity contribution in [3.05, 3.63) is 64.7 Å². The first-order valence-electron chi connectivity index (χ1n) is 8.89. The summed E-state index contributed by atoms with van der Waals surface area (Å²) < 4.78 is 19.7. The molecule has 0 aromatic heterocycles. The summed E-state index contributed by atoms with van der Waals surface area (Å²) in [5, 5.41) is 10.3. The third kappa shape index (κ3) is 3.10. The molecule has 0 bridgehead atoms. The normalized spacial score (nSPS) is 18.8. The number of nitrogens with zero attached hydrogens (tertiary/aromatic N) is 1. The van der Waals surface area contributed by atoms with Gasteiger partial charge in [-0.2, -0.15) is 0 Å². The summed E-state index contributed by atoms with van der Waals surface area (Å²) in [4.78, 5) is 14.9. The van der Waals surface area contributed by atoms with Gasteiger partial charge in [0.25, 0.3) is 0 Å². The molecule has 0 unspecified atom stereocenters. The molecule has 2 aromatic rings. The molecule has 1 saturated heterocycles. The van der Waals surface area contributed by atoms with E-state index in [1.807, 2.05) is 0 Å². The highest BCUT2D eigenvalue weighted by atomic mass is 19.1. The second-order valence-electron chi connectivity index (χ2n) is 6.74. The van der Waals surface area contributed by atoms with Crippen molar-refractivity contribution in [2.24, 2.45) is 0 Å². The highest BCUT2D eigenvalue weighted by Gasteiger charge is 2.32. The van der Waals surface area contributed by atoms with Crippen LogP contribution in [0, 0.1) is 5.82 Å².